The Kier molecular flexibility index (Phi) is 6.02. The van der Waals surface area contributed by atoms with Crippen LogP contribution in [-0.4, -0.2) is 45.0 Å². The number of carbonyl (C=O) groups excluding carboxylic acids is 2. The van der Waals surface area contributed by atoms with E-state index in [-0.39, 0.29) is 23.8 Å². The van der Waals surface area contributed by atoms with Crippen LogP contribution in [0.2, 0.25) is 0 Å². The van der Waals surface area contributed by atoms with Crippen molar-refractivity contribution in [3.8, 4) is 0 Å². The fourth-order valence-electron chi connectivity index (χ4n) is 5.22. The number of aliphatic hydroxyl groups is 1. The van der Waals surface area contributed by atoms with Crippen LogP contribution in [0.15, 0.2) is 64.7 Å². The first kappa shape index (κ1) is 24.0. The summed E-state index contributed by atoms with van der Waals surface area (Å²) in [5.41, 5.74) is 8.94. The van der Waals surface area contributed by atoms with Gasteiger partial charge in [-0.3, -0.25) is 14.5 Å². The van der Waals surface area contributed by atoms with E-state index in [9.17, 15) is 14.7 Å². The van der Waals surface area contributed by atoms with Crippen molar-refractivity contribution >= 4 is 17.8 Å². The minimum atomic E-state index is -1.04. The average Bonchev–Trinajstić information content (AvgIpc) is 3.21. The van der Waals surface area contributed by atoms with E-state index >= 15 is 0 Å². The van der Waals surface area contributed by atoms with Crippen molar-refractivity contribution in [2.75, 3.05) is 0 Å². The van der Waals surface area contributed by atoms with Gasteiger partial charge in [0.25, 0.3) is 0 Å². The molecule has 0 unspecified atom stereocenters. The molecule has 0 bridgehead atoms. The molecule has 0 radical (unpaired) electrons. The number of rotatable bonds is 4. The third-order valence-electron chi connectivity index (χ3n) is 7.03. The zero-order valence-electron chi connectivity index (χ0n) is 20.4. The minimum Gasteiger partial charge on any atom is -0.387 e. The van der Waals surface area contributed by atoms with Gasteiger partial charge < -0.3 is 16.2 Å². The Hall–Kier alpha value is -3.19. The highest BCUT2D eigenvalue weighted by Gasteiger charge is 2.42. The second-order valence-corrected chi connectivity index (χ2v) is 10.5. The zero-order valence-corrected chi connectivity index (χ0v) is 20.4. The topological polar surface area (TPSA) is 108 Å². The molecule has 1 aromatic rings. The maximum absolute atomic E-state index is 12.9. The lowest BCUT2D eigenvalue weighted by atomic mass is 9.97. The van der Waals surface area contributed by atoms with Gasteiger partial charge in [-0.05, 0) is 62.8 Å². The number of nitrogens with zero attached hydrogens (tertiary/aromatic N) is 2. The molecule has 7 heteroatoms. The maximum atomic E-state index is 12.9. The number of guanidine groups is 1. The smallest absolute Gasteiger partial charge is 0.247 e. The quantitative estimate of drug-likeness (QED) is 0.598. The highest BCUT2D eigenvalue weighted by atomic mass is 16.3. The molecule has 7 nitrogen and oxygen atoms in total. The SMILES string of the molecule is C=C1/C(=C\C=C(/C)C(=O)N[C@@H]2c3ccccc3C[C@@]2(C)O)CC[C@H]1N1C(=O)CC(C)(C)N=C1N. The number of aliphatic imine (C=N–C) groups is 1. The number of amides is 2. The van der Waals surface area contributed by atoms with E-state index in [1.807, 2.05) is 44.2 Å². The van der Waals surface area contributed by atoms with Crippen LogP contribution in [0, 0.1) is 0 Å². The molecule has 180 valence electrons. The van der Waals surface area contributed by atoms with E-state index in [2.05, 4.69) is 16.9 Å². The van der Waals surface area contributed by atoms with Gasteiger partial charge in [0.05, 0.1) is 29.6 Å². The molecule has 2 amide bonds. The number of hydrogen-bond donors (Lipinski definition) is 3. The van der Waals surface area contributed by atoms with Crippen LogP contribution < -0.4 is 11.1 Å². The van der Waals surface area contributed by atoms with Crippen molar-refractivity contribution in [1.29, 1.82) is 0 Å². The monoisotopic (exact) mass is 462 g/mol. The number of nitrogens with one attached hydrogen (secondary N) is 1. The van der Waals surface area contributed by atoms with E-state index < -0.39 is 17.2 Å². The summed E-state index contributed by atoms with van der Waals surface area (Å²) in [6, 6.07) is 7.11. The van der Waals surface area contributed by atoms with Crippen molar-refractivity contribution in [2.24, 2.45) is 10.7 Å². The van der Waals surface area contributed by atoms with Gasteiger partial charge in [-0.2, -0.15) is 0 Å². The van der Waals surface area contributed by atoms with E-state index in [0.717, 1.165) is 28.7 Å². The summed E-state index contributed by atoms with van der Waals surface area (Å²) in [7, 11) is 0. The second kappa shape index (κ2) is 8.55. The number of hydrogen-bond acceptors (Lipinski definition) is 5. The first-order chi connectivity index (χ1) is 15.9. The summed E-state index contributed by atoms with van der Waals surface area (Å²) < 4.78 is 0. The third kappa shape index (κ3) is 4.44. The Balaban J connectivity index is 1.46. The molecule has 2 aliphatic carbocycles. The number of allylic oxidation sites excluding steroid dienone is 2. The predicted molar refractivity (Wildman–Crippen MR) is 133 cm³/mol. The molecule has 3 aliphatic rings. The summed E-state index contributed by atoms with van der Waals surface area (Å²) >= 11 is 0. The number of nitrogens with two attached hydrogens (primary N) is 1. The number of fused-ring (bicyclic) bond motifs is 1. The molecule has 0 saturated heterocycles. The van der Waals surface area contributed by atoms with Gasteiger partial charge in [0.1, 0.15) is 0 Å². The second-order valence-electron chi connectivity index (χ2n) is 10.5. The van der Waals surface area contributed by atoms with Crippen molar-refractivity contribution < 1.29 is 14.7 Å². The molecule has 1 aromatic carbocycles. The van der Waals surface area contributed by atoms with Gasteiger partial charge in [0, 0.05) is 12.0 Å². The molecular formula is C27H34N4O3. The van der Waals surface area contributed by atoms with Crippen LogP contribution >= 0.6 is 0 Å². The molecular weight excluding hydrogens is 428 g/mol. The van der Waals surface area contributed by atoms with Crippen LogP contribution in [0.25, 0.3) is 0 Å². The Morgan fingerprint density at radius 1 is 1.29 bits per heavy atom. The van der Waals surface area contributed by atoms with Gasteiger partial charge in [0.15, 0.2) is 5.96 Å². The lowest BCUT2D eigenvalue weighted by Gasteiger charge is -2.36. The Morgan fingerprint density at radius 2 is 2.00 bits per heavy atom. The largest absolute Gasteiger partial charge is 0.387 e. The number of carbonyl (C=O) groups is 2. The van der Waals surface area contributed by atoms with E-state index in [0.29, 0.717) is 24.8 Å². The minimum absolute atomic E-state index is 0.0418. The zero-order chi connectivity index (χ0) is 24.8. The van der Waals surface area contributed by atoms with Crippen molar-refractivity contribution in [1.82, 2.24) is 10.2 Å². The molecule has 1 heterocycles. The van der Waals surface area contributed by atoms with E-state index in [1.165, 1.54) is 0 Å². The Morgan fingerprint density at radius 3 is 2.71 bits per heavy atom. The summed E-state index contributed by atoms with van der Waals surface area (Å²) in [6.07, 6.45) is 5.93. The lowest BCUT2D eigenvalue weighted by molar-refractivity contribution is -0.130. The highest BCUT2D eigenvalue weighted by Crippen LogP contribution is 2.39. The standard InChI is InChI=1S/C27H34N4O3/c1-16(24(33)29-23-20-9-7-6-8-19(20)14-27(23,5)34)10-11-18-12-13-21(17(18)2)31-22(32)15-26(3,4)30-25(31)28/h6-11,21,23,34H,2,12-15H2,1,3-5H3,(H2,28,30)(H,29,33)/b16-10+,18-11-/t21-,23-,27-/m1/s1. The van der Waals surface area contributed by atoms with Gasteiger partial charge in [-0.25, -0.2) is 4.99 Å². The van der Waals surface area contributed by atoms with Crippen LogP contribution in [0.5, 0.6) is 0 Å². The molecule has 34 heavy (non-hydrogen) atoms. The highest BCUT2D eigenvalue weighted by molar-refractivity contribution is 6.00. The molecule has 4 N–H and O–H groups in total. The van der Waals surface area contributed by atoms with Gasteiger partial charge in [-0.15, -0.1) is 0 Å². The van der Waals surface area contributed by atoms with Gasteiger partial charge >= 0.3 is 0 Å². The van der Waals surface area contributed by atoms with Gasteiger partial charge in [-0.1, -0.05) is 43.0 Å². The van der Waals surface area contributed by atoms with Crippen molar-refractivity contribution in [3.63, 3.8) is 0 Å². The third-order valence-corrected chi connectivity index (χ3v) is 7.03. The summed E-state index contributed by atoms with van der Waals surface area (Å²) in [4.78, 5) is 31.7. The fraction of sp³-hybridized carbons (Fsp3) is 0.444. The molecule has 1 fully saturated rings. The summed E-state index contributed by atoms with van der Waals surface area (Å²) in [6.45, 7) is 11.5. The van der Waals surface area contributed by atoms with Crippen LogP contribution in [0.4, 0.5) is 0 Å². The van der Waals surface area contributed by atoms with Crippen LogP contribution in [-0.2, 0) is 16.0 Å². The first-order valence-corrected chi connectivity index (χ1v) is 11.7. The van der Waals surface area contributed by atoms with E-state index in [1.54, 1.807) is 24.8 Å². The lowest BCUT2D eigenvalue weighted by Crippen LogP contribution is -2.53. The van der Waals surface area contributed by atoms with Gasteiger partial charge in [0.2, 0.25) is 11.8 Å². The first-order valence-electron chi connectivity index (χ1n) is 11.7. The molecule has 0 aromatic heterocycles. The van der Waals surface area contributed by atoms with Crippen molar-refractivity contribution in [3.05, 3.63) is 70.8 Å². The van der Waals surface area contributed by atoms with Crippen LogP contribution in [0.3, 0.4) is 0 Å². The Bertz CT molecular complexity index is 1140. The molecule has 4 rings (SSSR count). The van der Waals surface area contributed by atoms with Crippen LogP contribution in [0.1, 0.15) is 64.1 Å². The molecule has 1 saturated carbocycles. The fourth-order valence-corrected chi connectivity index (χ4v) is 5.22. The Labute approximate surface area is 201 Å². The average molecular weight is 463 g/mol. The molecule has 1 aliphatic heterocycles. The summed E-state index contributed by atoms with van der Waals surface area (Å²) in [5.74, 6) is -0.0349. The number of benzene rings is 1. The molecule has 3 atom stereocenters. The van der Waals surface area contributed by atoms with E-state index in [4.69, 9.17) is 5.73 Å². The summed E-state index contributed by atoms with van der Waals surface area (Å²) in [5, 5.41) is 13.9. The normalized spacial score (nSPS) is 29.9. The maximum Gasteiger partial charge on any atom is 0.247 e. The predicted octanol–water partition coefficient (Wildman–Crippen LogP) is 3.07. The molecule has 0 spiro atoms. The van der Waals surface area contributed by atoms with Crippen molar-refractivity contribution in [2.45, 2.75) is 76.6 Å².